The molecule has 1 amide bonds. The lowest BCUT2D eigenvalue weighted by Gasteiger charge is -2.25. The molecule has 0 saturated carbocycles. The molecule has 0 aliphatic heterocycles. The van der Waals surface area contributed by atoms with Gasteiger partial charge in [0.05, 0.1) is 19.8 Å². The fourth-order valence-electron chi connectivity index (χ4n) is 1.65. The molecule has 0 aliphatic rings. The van der Waals surface area contributed by atoms with Gasteiger partial charge in [-0.15, -0.1) is 12.4 Å². The fraction of sp³-hybridized carbons (Fsp3) is 0.562. The Morgan fingerprint density at radius 2 is 1.77 bits per heavy atom. The number of methoxy groups -OCH3 is 1. The topological polar surface area (TPSA) is 73.6 Å². The van der Waals surface area contributed by atoms with Crippen LogP contribution >= 0.6 is 12.4 Å². The van der Waals surface area contributed by atoms with Gasteiger partial charge in [0.15, 0.2) is 0 Å². The number of rotatable bonds is 7. The Labute approximate surface area is 139 Å². The zero-order chi connectivity index (χ0) is 15.9. The first-order valence-electron chi connectivity index (χ1n) is 7.14. The number of benzene rings is 1. The molecule has 0 radical (unpaired) electrons. The number of carbonyl (C=O) groups excluding carboxylic acids is 1. The van der Waals surface area contributed by atoms with E-state index in [2.05, 4.69) is 5.32 Å². The van der Waals surface area contributed by atoms with Gasteiger partial charge in [-0.2, -0.15) is 0 Å². The van der Waals surface area contributed by atoms with Crippen molar-refractivity contribution in [2.24, 2.45) is 11.1 Å². The zero-order valence-corrected chi connectivity index (χ0v) is 14.5. The molecule has 0 aromatic heterocycles. The van der Waals surface area contributed by atoms with Crippen LogP contribution in [0.5, 0.6) is 11.5 Å². The minimum atomic E-state index is -0.500. The van der Waals surface area contributed by atoms with Gasteiger partial charge in [-0.1, -0.05) is 20.8 Å². The highest BCUT2D eigenvalue weighted by molar-refractivity contribution is 5.85. The molecule has 1 aromatic carbocycles. The minimum absolute atomic E-state index is 0. The first-order chi connectivity index (χ1) is 9.84. The lowest BCUT2D eigenvalue weighted by atomic mass is 9.87. The van der Waals surface area contributed by atoms with E-state index >= 15 is 0 Å². The summed E-state index contributed by atoms with van der Waals surface area (Å²) in [5.41, 5.74) is 5.64. The number of hydrogen-bond donors (Lipinski definition) is 2. The maximum atomic E-state index is 11.8. The van der Waals surface area contributed by atoms with Gasteiger partial charge in [0.1, 0.15) is 11.5 Å². The molecule has 5 nitrogen and oxygen atoms in total. The third-order valence-corrected chi connectivity index (χ3v) is 3.16. The number of amides is 1. The van der Waals surface area contributed by atoms with Crippen LogP contribution < -0.4 is 20.5 Å². The predicted octanol–water partition coefficient (Wildman–Crippen LogP) is 2.38. The van der Waals surface area contributed by atoms with E-state index in [0.29, 0.717) is 13.2 Å². The van der Waals surface area contributed by atoms with Crippen LogP contribution in [-0.4, -0.2) is 32.2 Å². The smallest absolute Gasteiger partial charge is 0.237 e. The lowest BCUT2D eigenvalue weighted by Crippen LogP contribution is -2.48. The summed E-state index contributed by atoms with van der Waals surface area (Å²) < 4.78 is 10.7. The molecular weight excluding hydrogens is 304 g/mol. The van der Waals surface area contributed by atoms with Crippen LogP contribution in [-0.2, 0) is 4.79 Å². The van der Waals surface area contributed by atoms with Gasteiger partial charge in [0.2, 0.25) is 5.91 Å². The molecule has 0 bridgehead atoms. The highest BCUT2D eigenvalue weighted by Crippen LogP contribution is 2.18. The van der Waals surface area contributed by atoms with Gasteiger partial charge in [-0.25, -0.2) is 0 Å². The molecule has 0 unspecified atom stereocenters. The lowest BCUT2D eigenvalue weighted by molar-refractivity contribution is -0.124. The molecular formula is C16H27ClN2O3. The molecule has 0 heterocycles. The average molecular weight is 331 g/mol. The van der Waals surface area contributed by atoms with Crippen molar-refractivity contribution in [1.29, 1.82) is 0 Å². The van der Waals surface area contributed by atoms with E-state index < -0.39 is 6.04 Å². The Morgan fingerprint density at radius 1 is 1.23 bits per heavy atom. The van der Waals surface area contributed by atoms with Crippen molar-refractivity contribution in [3.8, 4) is 11.5 Å². The van der Waals surface area contributed by atoms with Gasteiger partial charge >= 0.3 is 0 Å². The number of ether oxygens (including phenoxy) is 2. The first-order valence-corrected chi connectivity index (χ1v) is 7.14. The molecule has 1 aromatic rings. The standard InChI is InChI=1S/C16H26N2O3.ClH/c1-16(2,3)14(17)15(19)18-10-5-11-21-13-8-6-12(20-4)7-9-13;/h6-9,14H,5,10-11,17H2,1-4H3,(H,18,19);1H/t14-;/m1./s1. The quantitative estimate of drug-likeness (QED) is 0.753. The van der Waals surface area contributed by atoms with Crippen LogP contribution in [0.4, 0.5) is 0 Å². The summed E-state index contributed by atoms with van der Waals surface area (Å²) in [6.07, 6.45) is 0.731. The molecule has 6 heteroatoms. The summed E-state index contributed by atoms with van der Waals surface area (Å²) >= 11 is 0. The molecule has 1 rings (SSSR count). The van der Waals surface area contributed by atoms with Crippen LogP contribution in [0.3, 0.4) is 0 Å². The normalized spacial score (nSPS) is 12.0. The second-order valence-electron chi connectivity index (χ2n) is 6.01. The largest absolute Gasteiger partial charge is 0.497 e. The van der Waals surface area contributed by atoms with Crippen LogP contribution in [0.1, 0.15) is 27.2 Å². The molecule has 1 atom stereocenters. The van der Waals surface area contributed by atoms with Crippen molar-refractivity contribution in [3.63, 3.8) is 0 Å². The van der Waals surface area contributed by atoms with Crippen molar-refractivity contribution in [3.05, 3.63) is 24.3 Å². The fourth-order valence-corrected chi connectivity index (χ4v) is 1.65. The number of nitrogens with one attached hydrogen (secondary N) is 1. The molecule has 3 N–H and O–H groups in total. The van der Waals surface area contributed by atoms with Crippen LogP contribution in [0, 0.1) is 5.41 Å². The highest BCUT2D eigenvalue weighted by Gasteiger charge is 2.26. The Hall–Kier alpha value is -1.46. The van der Waals surface area contributed by atoms with Crippen LogP contribution in [0.15, 0.2) is 24.3 Å². The Kier molecular flexibility index (Phi) is 8.90. The third kappa shape index (κ3) is 7.00. The van der Waals surface area contributed by atoms with Crippen molar-refractivity contribution in [2.75, 3.05) is 20.3 Å². The van der Waals surface area contributed by atoms with Gasteiger partial charge in [0.25, 0.3) is 0 Å². The van der Waals surface area contributed by atoms with E-state index in [0.717, 1.165) is 17.9 Å². The SMILES string of the molecule is COc1ccc(OCCCNC(=O)[C@@H](N)C(C)(C)C)cc1.Cl. The number of carbonyl (C=O) groups is 1. The van der Waals surface area contributed by atoms with E-state index in [-0.39, 0.29) is 23.7 Å². The van der Waals surface area contributed by atoms with Crippen LogP contribution in [0.25, 0.3) is 0 Å². The average Bonchev–Trinajstić information content (AvgIpc) is 2.45. The minimum Gasteiger partial charge on any atom is -0.497 e. The van der Waals surface area contributed by atoms with Gasteiger partial charge < -0.3 is 20.5 Å². The summed E-state index contributed by atoms with van der Waals surface area (Å²) in [4.78, 5) is 11.8. The molecule has 126 valence electrons. The first kappa shape index (κ1) is 20.5. The molecule has 0 aliphatic carbocycles. The van der Waals surface area contributed by atoms with Crippen molar-refractivity contribution in [2.45, 2.75) is 33.2 Å². The summed E-state index contributed by atoms with van der Waals surface area (Å²) in [5.74, 6) is 1.46. The predicted molar refractivity (Wildman–Crippen MR) is 90.8 cm³/mol. The van der Waals surface area contributed by atoms with Gasteiger partial charge in [0, 0.05) is 6.54 Å². The maximum Gasteiger partial charge on any atom is 0.237 e. The number of hydrogen-bond acceptors (Lipinski definition) is 4. The maximum absolute atomic E-state index is 11.8. The Balaban J connectivity index is 0.00000441. The molecule has 0 fully saturated rings. The highest BCUT2D eigenvalue weighted by atomic mass is 35.5. The van der Waals surface area contributed by atoms with E-state index in [9.17, 15) is 4.79 Å². The second kappa shape index (κ2) is 9.54. The van der Waals surface area contributed by atoms with Crippen LogP contribution in [0.2, 0.25) is 0 Å². The summed E-state index contributed by atoms with van der Waals surface area (Å²) in [5, 5.41) is 2.83. The van der Waals surface area contributed by atoms with Gasteiger partial charge in [-0.05, 0) is 36.1 Å². The molecule has 22 heavy (non-hydrogen) atoms. The van der Waals surface area contributed by atoms with Crippen molar-refractivity contribution in [1.82, 2.24) is 5.32 Å². The number of nitrogens with two attached hydrogens (primary N) is 1. The summed E-state index contributed by atoms with van der Waals surface area (Å²) in [6.45, 7) is 6.94. The van der Waals surface area contributed by atoms with E-state index in [1.54, 1.807) is 7.11 Å². The van der Waals surface area contributed by atoms with E-state index in [1.165, 1.54) is 0 Å². The Bertz CT molecular complexity index is 444. The summed E-state index contributed by atoms with van der Waals surface area (Å²) in [7, 11) is 1.63. The Morgan fingerprint density at radius 3 is 2.27 bits per heavy atom. The second-order valence-corrected chi connectivity index (χ2v) is 6.01. The number of halogens is 1. The third-order valence-electron chi connectivity index (χ3n) is 3.16. The van der Waals surface area contributed by atoms with Crippen molar-refractivity contribution < 1.29 is 14.3 Å². The van der Waals surface area contributed by atoms with Gasteiger partial charge in [-0.3, -0.25) is 4.79 Å². The zero-order valence-electron chi connectivity index (χ0n) is 13.7. The van der Waals surface area contributed by atoms with E-state index in [4.69, 9.17) is 15.2 Å². The molecule has 0 spiro atoms. The van der Waals surface area contributed by atoms with Crippen molar-refractivity contribution >= 4 is 18.3 Å². The molecule has 0 saturated heterocycles. The monoisotopic (exact) mass is 330 g/mol. The van der Waals surface area contributed by atoms with E-state index in [1.807, 2.05) is 45.0 Å². The summed E-state index contributed by atoms with van der Waals surface area (Å²) in [6, 6.07) is 6.90.